The standard InChI is InChI=1S/C13H15N.C2H6/c14-13-4-2-1-3-11(13)12-8-9-5-6-10(12)7-9;1-2/h1-4,8-10H,5-7,14H2;1-2H3. The van der Waals surface area contributed by atoms with Crippen LogP contribution in [0.4, 0.5) is 5.69 Å². The summed E-state index contributed by atoms with van der Waals surface area (Å²) in [6.45, 7) is 4.00. The lowest BCUT2D eigenvalue weighted by Crippen LogP contribution is -2.00. The average molecular weight is 215 g/mol. The molecule has 3 rings (SSSR count). The number of para-hydroxylation sites is 1. The molecule has 0 aliphatic heterocycles. The van der Waals surface area contributed by atoms with Crippen LogP contribution >= 0.6 is 0 Å². The molecule has 1 heteroatoms. The summed E-state index contributed by atoms with van der Waals surface area (Å²) in [6.07, 6.45) is 6.56. The SMILES string of the molecule is CC.Nc1ccccc1C1=CC2CCC1C2. The van der Waals surface area contributed by atoms with E-state index in [-0.39, 0.29) is 0 Å². The maximum absolute atomic E-state index is 5.99. The van der Waals surface area contributed by atoms with E-state index < -0.39 is 0 Å². The molecule has 0 heterocycles. The molecule has 2 aliphatic rings. The Morgan fingerprint density at radius 2 is 1.88 bits per heavy atom. The van der Waals surface area contributed by atoms with Gasteiger partial charge in [0, 0.05) is 11.3 Å². The molecule has 1 aromatic rings. The number of hydrogen-bond acceptors (Lipinski definition) is 1. The number of nitrogen functional groups attached to an aromatic ring is 1. The van der Waals surface area contributed by atoms with Gasteiger partial charge in [-0.3, -0.25) is 0 Å². The topological polar surface area (TPSA) is 26.0 Å². The highest BCUT2D eigenvalue weighted by Gasteiger charge is 2.33. The molecule has 2 atom stereocenters. The summed E-state index contributed by atoms with van der Waals surface area (Å²) in [5, 5.41) is 0. The monoisotopic (exact) mass is 215 g/mol. The van der Waals surface area contributed by atoms with Gasteiger partial charge in [0.05, 0.1) is 0 Å². The van der Waals surface area contributed by atoms with E-state index in [1.165, 1.54) is 30.4 Å². The van der Waals surface area contributed by atoms with Crippen LogP contribution in [0, 0.1) is 11.8 Å². The zero-order valence-electron chi connectivity index (χ0n) is 10.2. The minimum Gasteiger partial charge on any atom is -0.398 e. The van der Waals surface area contributed by atoms with Crippen molar-refractivity contribution in [3.8, 4) is 0 Å². The predicted octanol–water partition coefficient (Wildman–Crippen LogP) is 4.11. The van der Waals surface area contributed by atoms with Crippen LogP contribution in [-0.4, -0.2) is 0 Å². The van der Waals surface area contributed by atoms with Gasteiger partial charge >= 0.3 is 0 Å². The zero-order valence-corrected chi connectivity index (χ0v) is 10.2. The van der Waals surface area contributed by atoms with Gasteiger partial charge in [-0.2, -0.15) is 0 Å². The Balaban J connectivity index is 0.000000457. The summed E-state index contributed by atoms with van der Waals surface area (Å²) in [4.78, 5) is 0. The van der Waals surface area contributed by atoms with E-state index >= 15 is 0 Å². The van der Waals surface area contributed by atoms with Crippen LogP contribution < -0.4 is 5.73 Å². The molecule has 0 radical (unpaired) electrons. The van der Waals surface area contributed by atoms with E-state index in [1.54, 1.807) is 0 Å². The van der Waals surface area contributed by atoms with Gasteiger partial charge in [0.15, 0.2) is 0 Å². The summed E-state index contributed by atoms with van der Waals surface area (Å²) in [7, 11) is 0. The van der Waals surface area contributed by atoms with Crippen molar-refractivity contribution < 1.29 is 0 Å². The minimum absolute atomic E-state index is 0.796. The Morgan fingerprint density at radius 3 is 2.44 bits per heavy atom. The van der Waals surface area contributed by atoms with E-state index in [0.717, 1.165) is 17.5 Å². The van der Waals surface area contributed by atoms with Crippen molar-refractivity contribution in [1.82, 2.24) is 0 Å². The Labute approximate surface area is 98.4 Å². The molecule has 1 fully saturated rings. The fourth-order valence-corrected chi connectivity index (χ4v) is 2.91. The molecule has 0 saturated heterocycles. The van der Waals surface area contributed by atoms with Crippen molar-refractivity contribution in [2.75, 3.05) is 5.73 Å². The lowest BCUT2D eigenvalue weighted by atomic mass is 9.91. The third-order valence-corrected chi connectivity index (χ3v) is 3.60. The second-order valence-corrected chi connectivity index (χ2v) is 4.48. The van der Waals surface area contributed by atoms with Crippen LogP contribution in [0.25, 0.3) is 5.57 Å². The lowest BCUT2D eigenvalue weighted by Gasteiger charge is -2.15. The summed E-state index contributed by atoms with van der Waals surface area (Å²) in [6, 6.07) is 8.25. The molecule has 0 amide bonds. The van der Waals surface area contributed by atoms with Gasteiger partial charge in [-0.15, -0.1) is 0 Å². The molecule has 2 N–H and O–H groups in total. The molecule has 2 unspecified atom stereocenters. The molecule has 0 aromatic heterocycles. The zero-order chi connectivity index (χ0) is 11.5. The number of anilines is 1. The Morgan fingerprint density at radius 1 is 1.12 bits per heavy atom. The highest BCUT2D eigenvalue weighted by molar-refractivity contribution is 5.78. The van der Waals surface area contributed by atoms with E-state index in [1.807, 2.05) is 26.0 Å². The maximum Gasteiger partial charge on any atom is 0.0390 e. The first kappa shape index (κ1) is 11.3. The van der Waals surface area contributed by atoms with Gasteiger partial charge in [0.1, 0.15) is 0 Å². The van der Waals surface area contributed by atoms with Crippen molar-refractivity contribution >= 4 is 11.3 Å². The van der Waals surface area contributed by atoms with Crippen LogP contribution in [0.2, 0.25) is 0 Å². The molecule has 2 bridgehead atoms. The van der Waals surface area contributed by atoms with Gasteiger partial charge in [-0.05, 0) is 42.7 Å². The summed E-state index contributed by atoms with van der Waals surface area (Å²) < 4.78 is 0. The van der Waals surface area contributed by atoms with Gasteiger partial charge < -0.3 is 5.73 Å². The predicted molar refractivity (Wildman–Crippen MR) is 71.0 cm³/mol. The van der Waals surface area contributed by atoms with Crippen LogP contribution in [-0.2, 0) is 0 Å². The number of hydrogen-bond donors (Lipinski definition) is 1. The van der Waals surface area contributed by atoms with Gasteiger partial charge in [0.25, 0.3) is 0 Å². The molecular formula is C15H21N. The van der Waals surface area contributed by atoms with E-state index in [0.29, 0.717) is 0 Å². The second-order valence-electron chi connectivity index (χ2n) is 4.48. The molecule has 1 saturated carbocycles. The highest BCUT2D eigenvalue weighted by Crippen LogP contribution is 2.48. The summed E-state index contributed by atoms with van der Waals surface area (Å²) >= 11 is 0. The smallest absolute Gasteiger partial charge is 0.0390 e. The molecule has 86 valence electrons. The van der Waals surface area contributed by atoms with Gasteiger partial charge in [0.2, 0.25) is 0 Å². The van der Waals surface area contributed by atoms with E-state index in [9.17, 15) is 0 Å². The average Bonchev–Trinajstić information content (AvgIpc) is 2.94. The summed E-state index contributed by atoms with van der Waals surface area (Å²) in [5.41, 5.74) is 9.72. The number of nitrogens with two attached hydrogens (primary N) is 1. The van der Waals surface area contributed by atoms with Gasteiger partial charge in [-0.25, -0.2) is 0 Å². The third kappa shape index (κ3) is 1.87. The number of allylic oxidation sites excluding steroid dienone is 2. The molecular weight excluding hydrogens is 194 g/mol. The third-order valence-electron chi connectivity index (χ3n) is 3.60. The molecule has 2 aliphatic carbocycles. The van der Waals surface area contributed by atoms with Crippen molar-refractivity contribution in [2.24, 2.45) is 11.8 Å². The van der Waals surface area contributed by atoms with Crippen LogP contribution in [0.15, 0.2) is 30.3 Å². The first-order valence-electron chi connectivity index (χ1n) is 6.41. The molecule has 1 aromatic carbocycles. The largest absolute Gasteiger partial charge is 0.398 e. The molecule has 1 nitrogen and oxygen atoms in total. The maximum atomic E-state index is 5.99. The van der Waals surface area contributed by atoms with Crippen LogP contribution in [0.5, 0.6) is 0 Å². The molecule has 0 spiro atoms. The van der Waals surface area contributed by atoms with Crippen molar-refractivity contribution in [1.29, 1.82) is 0 Å². The first-order valence-corrected chi connectivity index (χ1v) is 6.41. The van der Waals surface area contributed by atoms with E-state index in [2.05, 4.69) is 18.2 Å². The lowest BCUT2D eigenvalue weighted by molar-refractivity contribution is 0.695. The Kier molecular flexibility index (Phi) is 3.33. The highest BCUT2D eigenvalue weighted by atomic mass is 14.6. The van der Waals surface area contributed by atoms with E-state index in [4.69, 9.17) is 5.73 Å². The van der Waals surface area contributed by atoms with Crippen molar-refractivity contribution in [3.63, 3.8) is 0 Å². The second kappa shape index (κ2) is 4.73. The van der Waals surface area contributed by atoms with Crippen molar-refractivity contribution in [3.05, 3.63) is 35.9 Å². The van der Waals surface area contributed by atoms with Gasteiger partial charge in [-0.1, -0.05) is 38.1 Å². The molecule has 16 heavy (non-hydrogen) atoms. The fourth-order valence-electron chi connectivity index (χ4n) is 2.91. The Hall–Kier alpha value is -1.24. The van der Waals surface area contributed by atoms with Crippen LogP contribution in [0.1, 0.15) is 38.7 Å². The number of fused-ring (bicyclic) bond motifs is 2. The normalized spacial score (nSPS) is 26.0. The fraction of sp³-hybridized carbons (Fsp3) is 0.467. The Bertz CT molecular complexity index is 392. The van der Waals surface area contributed by atoms with Crippen LogP contribution in [0.3, 0.4) is 0 Å². The quantitative estimate of drug-likeness (QED) is 0.701. The minimum atomic E-state index is 0.796. The first-order chi connectivity index (χ1) is 7.84. The number of benzene rings is 1. The number of rotatable bonds is 1. The van der Waals surface area contributed by atoms with Crippen molar-refractivity contribution in [2.45, 2.75) is 33.1 Å². The summed E-state index contributed by atoms with van der Waals surface area (Å²) in [5.74, 6) is 1.64.